The van der Waals surface area contributed by atoms with Gasteiger partial charge in [-0.2, -0.15) is 0 Å². The van der Waals surface area contributed by atoms with Crippen LogP contribution in [0.3, 0.4) is 0 Å². The molecule has 7 heteroatoms. The zero-order chi connectivity index (χ0) is 17.1. The lowest BCUT2D eigenvalue weighted by Crippen LogP contribution is -2.37. The van der Waals surface area contributed by atoms with Crippen LogP contribution in [-0.2, 0) is 9.53 Å². The summed E-state index contributed by atoms with van der Waals surface area (Å²) in [5.41, 5.74) is 0.338. The number of ether oxygens (including phenoxy) is 2. The Labute approximate surface area is 138 Å². The Bertz CT molecular complexity index is 818. The summed E-state index contributed by atoms with van der Waals surface area (Å²) in [6.45, 7) is 0.203. The number of imide groups is 1. The third-order valence-electron chi connectivity index (χ3n) is 3.81. The van der Waals surface area contributed by atoms with Gasteiger partial charge in [0.1, 0.15) is 5.75 Å². The Hall–Kier alpha value is -3.09. The number of urea groups is 1. The molecule has 0 bridgehead atoms. The van der Waals surface area contributed by atoms with Crippen LogP contribution < -0.4 is 10.1 Å². The molecule has 0 atom stereocenters. The van der Waals surface area contributed by atoms with Crippen molar-refractivity contribution in [3.63, 3.8) is 0 Å². The molecule has 7 nitrogen and oxygen atoms in total. The van der Waals surface area contributed by atoms with Gasteiger partial charge >= 0.3 is 12.0 Å². The van der Waals surface area contributed by atoms with Gasteiger partial charge in [-0.25, -0.2) is 9.59 Å². The predicted octanol–water partition coefficient (Wildman–Crippen LogP) is 1.56. The van der Waals surface area contributed by atoms with Crippen molar-refractivity contribution >= 4 is 28.7 Å². The van der Waals surface area contributed by atoms with E-state index in [0.29, 0.717) is 23.2 Å². The highest BCUT2D eigenvalue weighted by Gasteiger charge is 2.27. The molecule has 2 aromatic rings. The van der Waals surface area contributed by atoms with Crippen molar-refractivity contribution in [1.29, 1.82) is 0 Å². The van der Waals surface area contributed by atoms with E-state index < -0.39 is 24.5 Å². The third-order valence-corrected chi connectivity index (χ3v) is 3.81. The van der Waals surface area contributed by atoms with E-state index in [1.54, 1.807) is 31.4 Å². The maximum Gasteiger partial charge on any atom is 0.339 e. The number of nitrogens with one attached hydrogen (secondary N) is 1. The normalized spacial score (nSPS) is 13.7. The fraction of sp³-hybridized carbons (Fsp3) is 0.235. The van der Waals surface area contributed by atoms with Crippen LogP contribution in [0, 0.1) is 0 Å². The van der Waals surface area contributed by atoms with Gasteiger partial charge in [0.2, 0.25) is 0 Å². The summed E-state index contributed by atoms with van der Waals surface area (Å²) in [6.07, 6.45) is 0. The van der Waals surface area contributed by atoms with Crippen molar-refractivity contribution in [3.8, 4) is 5.75 Å². The summed E-state index contributed by atoms with van der Waals surface area (Å²) in [5, 5.41) is 3.97. The van der Waals surface area contributed by atoms with Crippen molar-refractivity contribution in [2.24, 2.45) is 0 Å². The zero-order valence-electron chi connectivity index (χ0n) is 13.1. The fourth-order valence-corrected chi connectivity index (χ4v) is 2.62. The first-order valence-corrected chi connectivity index (χ1v) is 7.43. The van der Waals surface area contributed by atoms with E-state index in [1.165, 1.54) is 0 Å². The number of benzene rings is 2. The smallest absolute Gasteiger partial charge is 0.339 e. The first-order chi connectivity index (χ1) is 11.6. The highest BCUT2D eigenvalue weighted by molar-refractivity contribution is 6.07. The SMILES string of the molecule is COc1ccc(C(=O)OCC(=O)N2CCNC2=O)c2ccccc12. The van der Waals surface area contributed by atoms with E-state index in [-0.39, 0.29) is 6.54 Å². The molecule has 1 aliphatic rings. The molecular weight excluding hydrogens is 312 g/mol. The molecule has 2 aromatic carbocycles. The molecule has 0 spiro atoms. The lowest BCUT2D eigenvalue weighted by Gasteiger charge is -2.13. The average Bonchev–Trinajstić information content (AvgIpc) is 3.04. The van der Waals surface area contributed by atoms with Gasteiger partial charge in [-0.3, -0.25) is 9.69 Å². The summed E-state index contributed by atoms with van der Waals surface area (Å²) in [5.74, 6) is -0.523. The molecule has 0 radical (unpaired) electrons. The quantitative estimate of drug-likeness (QED) is 0.861. The van der Waals surface area contributed by atoms with Crippen LogP contribution in [0.2, 0.25) is 0 Å². The molecule has 0 unspecified atom stereocenters. The third kappa shape index (κ3) is 2.88. The van der Waals surface area contributed by atoms with Gasteiger partial charge in [0, 0.05) is 18.5 Å². The number of rotatable bonds is 4. The number of amides is 3. The number of nitrogens with zero attached hydrogens (tertiary/aromatic N) is 1. The molecule has 24 heavy (non-hydrogen) atoms. The van der Waals surface area contributed by atoms with Gasteiger partial charge in [0.25, 0.3) is 5.91 Å². The zero-order valence-corrected chi connectivity index (χ0v) is 13.1. The maximum atomic E-state index is 12.3. The summed E-state index contributed by atoms with van der Waals surface area (Å²) in [7, 11) is 1.56. The second-order valence-electron chi connectivity index (χ2n) is 5.21. The molecule has 1 fully saturated rings. The number of esters is 1. The van der Waals surface area contributed by atoms with E-state index in [4.69, 9.17) is 9.47 Å². The monoisotopic (exact) mass is 328 g/mol. The largest absolute Gasteiger partial charge is 0.496 e. The van der Waals surface area contributed by atoms with Crippen molar-refractivity contribution < 1.29 is 23.9 Å². The topological polar surface area (TPSA) is 84.9 Å². The second kappa shape index (κ2) is 6.57. The van der Waals surface area contributed by atoms with E-state index in [9.17, 15) is 14.4 Å². The fourth-order valence-electron chi connectivity index (χ4n) is 2.62. The van der Waals surface area contributed by atoms with E-state index >= 15 is 0 Å². The molecular formula is C17H16N2O5. The molecule has 1 saturated heterocycles. The van der Waals surface area contributed by atoms with Gasteiger partial charge in [-0.05, 0) is 17.5 Å². The van der Waals surface area contributed by atoms with Crippen molar-refractivity contribution in [2.45, 2.75) is 0 Å². The van der Waals surface area contributed by atoms with E-state index in [1.807, 2.05) is 12.1 Å². The summed E-state index contributed by atoms with van der Waals surface area (Å²) >= 11 is 0. The van der Waals surface area contributed by atoms with Crippen LogP contribution >= 0.6 is 0 Å². The molecule has 1 N–H and O–H groups in total. The van der Waals surface area contributed by atoms with Crippen molar-refractivity contribution in [2.75, 3.05) is 26.8 Å². The van der Waals surface area contributed by atoms with Crippen molar-refractivity contribution in [1.82, 2.24) is 10.2 Å². The Balaban J connectivity index is 1.77. The van der Waals surface area contributed by atoms with Crippen LogP contribution in [0.15, 0.2) is 36.4 Å². The molecule has 0 aromatic heterocycles. The number of hydrogen-bond acceptors (Lipinski definition) is 5. The molecule has 0 aliphatic carbocycles. The first kappa shape index (κ1) is 15.8. The Kier molecular flexibility index (Phi) is 4.33. The van der Waals surface area contributed by atoms with Crippen LogP contribution in [-0.4, -0.2) is 49.6 Å². The van der Waals surface area contributed by atoms with Gasteiger partial charge in [-0.1, -0.05) is 24.3 Å². The van der Waals surface area contributed by atoms with Gasteiger partial charge in [-0.15, -0.1) is 0 Å². The Morgan fingerprint density at radius 2 is 1.92 bits per heavy atom. The molecule has 1 aliphatic heterocycles. The lowest BCUT2D eigenvalue weighted by atomic mass is 10.0. The van der Waals surface area contributed by atoms with Crippen LogP contribution in [0.5, 0.6) is 5.75 Å². The highest BCUT2D eigenvalue weighted by atomic mass is 16.5. The maximum absolute atomic E-state index is 12.3. The lowest BCUT2D eigenvalue weighted by molar-refractivity contribution is -0.130. The highest BCUT2D eigenvalue weighted by Crippen LogP contribution is 2.28. The predicted molar refractivity (Wildman–Crippen MR) is 85.9 cm³/mol. The number of methoxy groups -OCH3 is 1. The second-order valence-corrected chi connectivity index (χ2v) is 5.21. The number of fused-ring (bicyclic) bond motifs is 1. The number of hydrogen-bond donors (Lipinski definition) is 1. The van der Waals surface area contributed by atoms with Crippen molar-refractivity contribution in [3.05, 3.63) is 42.0 Å². The first-order valence-electron chi connectivity index (χ1n) is 7.43. The summed E-state index contributed by atoms with van der Waals surface area (Å²) in [6, 6.07) is 10.1. The Morgan fingerprint density at radius 1 is 1.17 bits per heavy atom. The minimum atomic E-state index is -0.623. The molecule has 0 saturated carbocycles. The van der Waals surface area contributed by atoms with E-state index in [2.05, 4.69) is 5.32 Å². The molecule has 124 valence electrons. The molecule has 1 heterocycles. The van der Waals surface area contributed by atoms with Gasteiger partial charge in [0.15, 0.2) is 6.61 Å². The van der Waals surface area contributed by atoms with E-state index in [0.717, 1.165) is 10.3 Å². The number of carbonyl (C=O) groups is 3. The Morgan fingerprint density at radius 3 is 2.58 bits per heavy atom. The van der Waals surface area contributed by atoms with Gasteiger partial charge < -0.3 is 14.8 Å². The van der Waals surface area contributed by atoms with Crippen LogP contribution in [0.4, 0.5) is 4.79 Å². The average molecular weight is 328 g/mol. The van der Waals surface area contributed by atoms with Crippen LogP contribution in [0.25, 0.3) is 10.8 Å². The minimum absolute atomic E-state index is 0.278. The summed E-state index contributed by atoms with van der Waals surface area (Å²) < 4.78 is 10.4. The standard InChI is InChI=1S/C17H16N2O5/c1-23-14-7-6-13(11-4-2-3-5-12(11)14)16(21)24-10-15(20)19-9-8-18-17(19)22/h2-7H,8-10H2,1H3,(H,18,22). The molecule has 3 rings (SSSR count). The minimum Gasteiger partial charge on any atom is -0.496 e. The number of carbonyl (C=O) groups excluding carboxylic acids is 3. The van der Waals surface area contributed by atoms with Crippen LogP contribution in [0.1, 0.15) is 10.4 Å². The molecule has 3 amide bonds. The van der Waals surface area contributed by atoms with Gasteiger partial charge in [0.05, 0.1) is 12.7 Å². The summed E-state index contributed by atoms with van der Waals surface area (Å²) in [4.78, 5) is 36.7.